The molecule has 9 heterocycles. The molecule has 206 valence electrons. The molecule has 44 heavy (non-hydrogen) atoms. The molecule has 0 saturated carbocycles. The van der Waals surface area contributed by atoms with Gasteiger partial charge in [-0.15, -0.1) is 0 Å². The predicted octanol–water partition coefficient (Wildman–Crippen LogP) is 6.98. The smallest absolute Gasteiger partial charge is 0.0651 e. The van der Waals surface area contributed by atoms with Crippen molar-refractivity contribution in [3.05, 3.63) is 129 Å². The lowest BCUT2D eigenvalue weighted by molar-refractivity contribution is 1.13. The molecule has 0 unspecified atom stereocenters. The number of aromatic nitrogens is 9. The number of pyridine rings is 7. The van der Waals surface area contributed by atoms with Crippen molar-refractivity contribution in [3.8, 4) is 33.6 Å². The lowest BCUT2D eigenvalue weighted by Gasteiger charge is -2.11. The van der Waals surface area contributed by atoms with Gasteiger partial charge in [-0.05, 0) is 42.5 Å². The molecule has 0 aliphatic rings. The number of rotatable bonds is 4. The summed E-state index contributed by atoms with van der Waals surface area (Å²) in [6.07, 6.45) is 26.0. The molecular weight excluding hydrogens is 546 g/mol. The number of fused-ring (bicyclic) bond motifs is 6. The van der Waals surface area contributed by atoms with E-state index in [0.29, 0.717) is 0 Å². The van der Waals surface area contributed by atoms with Crippen LogP contribution in [0, 0.1) is 0 Å². The van der Waals surface area contributed by atoms with Crippen LogP contribution >= 0.6 is 0 Å². The highest BCUT2D eigenvalue weighted by atomic mass is 15.0. The zero-order valence-corrected chi connectivity index (χ0v) is 23.1. The number of hydrogen-bond acceptors (Lipinski definition) is 7. The molecule has 9 heteroatoms. The van der Waals surface area contributed by atoms with Gasteiger partial charge < -0.3 is 9.13 Å². The molecule has 0 fully saturated rings. The van der Waals surface area contributed by atoms with Gasteiger partial charge >= 0.3 is 0 Å². The van der Waals surface area contributed by atoms with Gasteiger partial charge in [0.2, 0.25) is 0 Å². The fraction of sp³-hybridized carbons (Fsp3) is 0. The summed E-state index contributed by atoms with van der Waals surface area (Å²) in [5, 5.41) is 4.20. The fourth-order valence-corrected chi connectivity index (χ4v) is 6.15. The van der Waals surface area contributed by atoms with Crippen molar-refractivity contribution in [1.29, 1.82) is 0 Å². The third-order valence-corrected chi connectivity index (χ3v) is 8.11. The van der Waals surface area contributed by atoms with E-state index in [9.17, 15) is 0 Å². The zero-order chi connectivity index (χ0) is 29.0. The summed E-state index contributed by atoms with van der Waals surface area (Å²) in [6, 6.07) is 14.5. The molecule has 9 rings (SSSR count). The maximum Gasteiger partial charge on any atom is 0.0651 e. The van der Waals surface area contributed by atoms with Gasteiger partial charge in [0.1, 0.15) is 0 Å². The summed E-state index contributed by atoms with van der Waals surface area (Å²) in [5.74, 6) is 0. The second kappa shape index (κ2) is 9.60. The van der Waals surface area contributed by atoms with E-state index in [2.05, 4.69) is 62.2 Å². The van der Waals surface area contributed by atoms with E-state index >= 15 is 0 Å². The van der Waals surface area contributed by atoms with Crippen LogP contribution in [0.1, 0.15) is 0 Å². The highest BCUT2D eigenvalue weighted by Gasteiger charge is 2.15. The first-order chi connectivity index (χ1) is 21.8. The van der Waals surface area contributed by atoms with Gasteiger partial charge in [0.15, 0.2) is 0 Å². The second-order valence-corrected chi connectivity index (χ2v) is 10.6. The molecule has 0 atom stereocenters. The van der Waals surface area contributed by atoms with E-state index in [-0.39, 0.29) is 0 Å². The Morgan fingerprint density at radius 1 is 0.318 bits per heavy atom. The minimum Gasteiger partial charge on any atom is -0.307 e. The third-order valence-electron chi connectivity index (χ3n) is 8.11. The average Bonchev–Trinajstić information content (AvgIpc) is 3.62. The highest BCUT2D eigenvalue weighted by Crippen LogP contribution is 2.34. The molecule has 0 amide bonds. The Kier molecular flexibility index (Phi) is 5.30. The second-order valence-electron chi connectivity index (χ2n) is 10.6. The first-order valence-corrected chi connectivity index (χ1v) is 14.1. The molecule has 0 aliphatic heterocycles. The molecule has 0 radical (unpaired) electrons. The van der Waals surface area contributed by atoms with Crippen molar-refractivity contribution in [2.75, 3.05) is 0 Å². The Balaban J connectivity index is 1.15. The first kappa shape index (κ1) is 24.3. The third kappa shape index (κ3) is 3.69. The summed E-state index contributed by atoms with van der Waals surface area (Å²) in [7, 11) is 0. The zero-order valence-electron chi connectivity index (χ0n) is 23.1. The standard InChI is InChI=1S/C35H21N9/c1-5-36-18-28-29-19-37-6-2-33(29)43(32(1)28)26-10-24(14-41-16-26)22-9-23(13-40-12-22)25-11-27(17-42-15-25)44-34-3-7-38-20-30(34)31-21-39-8-4-35(31)44/h1-21H. The molecule has 9 aromatic rings. The molecule has 9 nitrogen and oxygen atoms in total. The summed E-state index contributed by atoms with van der Waals surface area (Å²) in [6.45, 7) is 0. The van der Waals surface area contributed by atoms with E-state index in [0.717, 1.165) is 77.2 Å². The van der Waals surface area contributed by atoms with Gasteiger partial charge in [-0.2, -0.15) is 0 Å². The van der Waals surface area contributed by atoms with Gasteiger partial charge in [0.05, 0.1) is 45.8 Å². The Labute approximate surface area is 250 Å². The topological polar surface area (TPSA) is 100 Å². The quantitative estimate of drug-likeness (QED) is 0.226. The average molecular weight is 568 g/mol. The van der Waals surface area contributed by atoms with Crippen LogP contribution < -0.4 is 0 Å². The molecule has 0 bridgehead atoms. The number of nitrogens with zero attached hydrogens (tertiary/aromatic N) is 9. The monoisotopic (exact) mass is 567 g/mol. The van der Waals surface area contributed by atoms with Crippen LogP contribution in [-0.2, 0) is 0 Å². The minimum atomic E-state index is 0.948. The van der Waals surface area contributed by atoms with Crippen LogP contribution in [0.15, 0.2) is 129 Å². The van der Waals surface area contributed by atoms with Crippen molar-refractivity contribution in [2.24, 2.45) is 0 Å². The molecule has 0 saturated heterocycles. The van der Waals surface area contributed by atoms with Crippen LogP contribution in [0.4, 0.5) is 0 Å². The summed E-state index contributed by atoms with van der Waals surface area (Å²) < 4.78 is 4.40. The van der Waals surface area contributed by atoms with E-state index in [1.54, 1.807) is 0 Å². The van der Waals surface area contributed by atoms with Crippen LogP contribution in [0.3, 0.4) is 0 Å². The molecule has 0 spiro atoms. The molecule has 0 aliphatic carbocycles. The van der Waals surface area contributed by atoms with E-state index in [1.807, 2.05) is 111 Å². The largest absolute Gasteiger partial charge is 0.307 e. The van der Waals surface area contributed by atoms with Gasteiger partial charge in [0.25, 0.3) is 0 Å². The maximum absolute atomic E-state index is 4.63. The van der Waals surface area contributed by atoms with Gasteiger partial charge in [-0.1, -0.05) is 0 Å². The van der Waals surface area contributed by atoms with Gasteiger partial charge in [-0.25, -0.2) is 0 Å². The number of hydrogen-bond donors (Lipinski definition) is 0. The lowest BCUT2D eigenvalue weighted by Crippen LogP contribution is -1.97. The highest BCUT2D eigenvalue weighted by molar-refractivity contribution is 6.09. The summed E-state index contributed by atoms with van der Waals surface area (Å²) in [5.41, 5.74) is 9.93. The first-order valence-electron chi connectivity index (χ1n) is 14.1. The van der Waals surface area contributed by atoms with Crippen LogP contribution in [0.5, 0.6) is 0 Å². The van der Waals surface area contributed by atoms with Gasteiger partial charge in [0, 0.05) is 118 Å². The van der Waals surface area contributed by atoms with Crippen molar-refractivity contribution < 1.29 is 0 Å². The normalized spacial score (nSPS) is 11.6. The Morgan fingerprint density at radius 3 is 1.00 bits per heavy atom. The molecule has 0 aromatic carbocycles. The van der Waals surface area contributed by atoms with E-state index < -0.39 is 0 Å². The summed E-state index contributed by atoms with van der Waals surface area (Å²) >= 11 is 0. The Hall–Kier alpha value is -6.35. The maximum atomic E-state index is 4.63. The summed E-state index contributed by atoms with van der Waals surface area (Å²) in [4.78, 5) is 31.3. The minimum absolute atomic E-state index is 0.948. The van der Waals surface area contributed by atoms with Crippen LogP contribution in [-0.4, -0.2) is 44.0 Å². The fourth-order valence-electron chi connectivity index (χ4n) is 6.15. The molecular formula is C35H21N9. The lowest BCUT2D eigenvalue weighted by atomic mass is 10.0. The van der Waals surface area contributed by atoms with Crippen molar-refractivity contribution in [3.63, 3.8) is 0 Å². The van der Waals surface area contributed by atoms with Crippen molar-refractivity contribution in [1.82, 2.24) is 44.0 Å². The van der Waals surface area contributed by atoms with Gasteiger partial charge in [-0.3, -0.25) is 34.9 Å². The SMILES string of the molecule is c1cc2c(cn1)c1cnccc1n2-c1cncc(-c2cncc(-c3cncc(-n4c5ccncc5c5cnccc54)c3)c2)c1. The van der Waals surface area contributed by atoms with E-state index in [4.69, 9.17) is 0 Å². The van der Waals surface area contributed by atoms with Crippen LogP contribution in [0.2, 0.25) is 0 Å². The van der Waals surface area contributed by atoms with Crippen molar-refractivity contribution in [2.45, 2.75) is 0 Å². The van der Waals surface area contributed by atoms with Crippen molar-refractivity contribution >= 4 is 43.6 Å². The molecule has 0 N–H and O–H groups in total. The Bertz CT molecular complexity index is 2250. The van der Waals surface area contributed by atoms with Crippen LogP contribution in [0.25, 0.3) is 77.2 Å². The Morgan fingerprint density at radius 2 is 0.636 bits per heavy atom. The molecule has 9 aromatic heterocycles. The van der Waals surface area contributed by atoms with E-state index in [1.165, 1.54) is 0 Å². The predicted molar refractivity (Wildman–Crippen MR) is 171 cm³/mol.